The Morgan fingerprint density at radius 3 is 2.38 bits per heavy atom. The highest BCUT2D eigenvalue weighted by molar-refractivity contribution is 6.42. The number of hydrogen-bond donors (Lipinski definition) is 0. The van der Waals surface area contributed by atoms with Gasteiger partial charge in [-0.1, -0.05) is 48.7 Å². The highest BCUT2D eigenvalue weighted by Crippen LogP contribution is 2.26. The highest BCUT2D eigenvalue weighted by atomic mass is 35.5. The number of benzene rings is 2. The van der Waals surface area contributed by atoms with Gasteiger partial charge in [-0.25, -0.2) is 4.79 Å². The van der Waals surface area contributed by atoms with Crippen LogP contribution in [-0.4, -0.2) is 5.97 Å². The average molecular weight is 323 g/mol. The minimum absolute atomic E-state index is 0.358. The third-order valence-electron chi connectivity index (χ3n) is 3.11. The normalized spacial score (nSPS) is 10.4. The van der Waals surface area contributed by atoms with Crippen LogP contribution < -0.4 is 4.74 Å². The number of halogens is 2. The Balaban J connectivity index is 2.04. The van der Waals surface area contributed by atoms with E-state index in [0.717, 1.165) is 19.3 Å². The van der Waals surface area contributed by atoms with E-state index < -0.39 is 5.97 Å². The summed E-state index contributed by atoms with van der Waals surface area (Å²) in [6.07, 6.45) is 3.33. The minimum Gasteiger partial charge on any atom is -0.423 e. The molecule has 0 saturated carbocycles. The molecule has 0 aromatic heterocycles. The molecule has 0 radical (unpaired) electrons. The Kier molecular flexibility index (Phi) is 5.66. The smallest absolute Gasteiger partial charge is 0.343 e. The van der Waals surface area contributed by atoms with E-state index >= 15 is 0 Å². The second-order valence-corrected chi connectivity index (χ2v) is 5.58. The fraction of sp³-hybridized carbons (Fsp3) is 0.235. The Labute approximate surface area is 134 Å². The van der Waals surface area contributed by atoms with Crippen LogP contribution in [0.2, 0.25) is 10.0 Å². The Morgan fingerprint density at radius 1 is 1.05 bits per heavy atom. The maximum atomic E-state index is 12.0. The summed E-state index contributed by atoms with van der Waals surface area (Å²) in [6, 6.07) is 12.2. The summed E-state index contributed by atoms with van der Waals surface area (Å²) < 4.78 is 5.28. The van der Waals surface area contributed by atoms with Crippen molar-refractivity contribution in [3.05, 3.63) is 63.6 Å². The van der Waals surface area contributed by atoms with Gasteiger partial charge in [0.15, 0.2) is 0 Å². The number of unbranched alkanes of at least 4 members (excludes halogenated alkanes) is 1. The Bertz CT molecular complexity index is 621. The molecule has 2 nitrogen and oxygen atoms in total. The molecular weight excluding hydrogens is 307 g/mol. The predicted molar refractivity (Wildman–Crippen MR) is 86.5 cm³/mol. The predicted octanol–water partition coefficient (Wildman–Crippen LogP) is 5.56. The molecular formula is C17H16Cl2O2. The summed E-state index contributed by atoms with van der Waals surface area (Å²) in [5.74, 6) is -0.0279. The monoisotopic (exact) mass is 322 g/mol. The van der Waals surface area contributed by atoms with Crippen LogP contribution in [-0.2, 0) is 6.42 Å². The number of carbonyl (C=O) groups is 1. The quantitative estimate of drug-likeness (QED) is 0.532. The molecule has 2 aromatic rings. The summed E-state index contributed by atoms with van der Waals surface area (Å²) in [5.41, 5.74) is 1.74. The van der Waals surface area contributed by atoms with Crippen molar-refractivity contribution in [1.82, 2.24) is 0 Å². The van der Waals surface area contributed by atoms with Gasteiger partial charge in [-0.05, 0) is 42.7 Å². The van der Waals surface area contributed by atoms with Crippen LogP contribution in [0.4, 0.5) is 0 Å². The number of hydrogen-bond acceptors (Lipinski definition) is 2. The molecule has 110 valence electrons. The summed E-state index contributed by atoms with van der Waals surface area (Å²) in [5, 5.41) is 0.786. The number of ether oxygens (including phenoxy) is 1. The van der Waals surface area contributed by atoms with Crippen LogP contribution in [0.15, 0.2) is 42.5 Å². The molecule has 0 bridgehead atoms. The number of carbonyl (C=O) groups excluding carboxylic acids is 1. The molecule has 2 rings (SSSR count). The summed E-state index contributed by atoms with van der Waals surface area (Å²) in [4.78, 5) is 12.0. The van der Waals surface area contributed by atoms with Gasteiger partial charge < -0.3 is 4.74 Å². The van der Waals surface area contributed by atoms with Gasteiger partial charge in [0.05, 0.1) is 15.6 Å². The molecule has 21 heavy (non-hydrogen) atoms. The van der Waals surface area contributed by atoms with Gasteiger partial charge >= 0.3 is 5.97 Å². The van der Waals surface area contributed by atoms with Gasteiger partial charge in [0.25, 0.3) is 0 Å². The molecule has 0 aliphatic heterocycles. The number of esters is 1. The molecule has 0 aliphatic carbocycles. The first-order chi connectivity index (χ1) is 10.1. The minimum atomic E-state index is -0.407. The number of rotatable bonds is 5. The topological polar surface area (TPSA) is 26.3 Å². The van der Waals surface area contributed by atoms with Crippen molar-refractivity contribution >= 4 is 29.2 Å². The summed E-state index contributed by atoms with van der Waals surface area (Å²) in [7, 11) is 0. The van der Waals surface area contributed by atoms with E-state index in [-0.39, 0.29) is 0 Å². The highest BCUT2D eigenvalue weighted by Gasteiger charge is 2.09. The molecule has 0 amide bonds. The fourth-order valence-corrected chi connectivity index (χ4v) is 2.18. The van der Waals surface area contributed by atoms with Crippen LogP contribution in [0.5, 0.6) is 5.75 Å². The molecule has 0 atom stereocenters. The van der Waals surface area contributed by atoms with Gasteiger partial charge in [0.2, 0.25) is 0 Å². The molecule has 0 aliphatic rings. The van der Waals surface area contributed by atoms with E-state index in [0.29, 0.717) is 21.4 Å². The molecule has 4 heteroatoms. The summed E-state index contributed by atoms with van der Waals surface area (Å²) >= 11 is 11.7. The zero-order valence-corrected chi connectivity index (χ0v) is 13.2. The van der Waals surface area contributed by atoms with Crippen LogP contribution >= 0.6 is 23.2 Å². The lowest BCUT2D eigenvalue weighted by Gasteiger charge is -2.06. The van der Waals surface area contributed by atoms with Crippen molar-refractivity contribution in [2.24, 2.45) is 0 Å². The van der Waals surface area contributed by atoms with Crippen molar-refractivity contribution in [2.75, 3.05) is 0 Å². The Morgan fingerprint density at radius 2 is 1.76 bits per heavy atom. The van der Waals surface area contributed by atoms with Crippen molar-refractivity contribution in [3.63, 3.8) is 0 Å². The summed E-state index contributed by atoms with van der Waals surface area (Å²) in [6.45, 7) is 2.16. The second-order valence-electron chi connectivity index (χ2n) is 4.77. The van der Waals surface area contributed by atoms with E-state index in [2.05, 4.69) is 6.92 Å². The molecule has 0 heterocycles. The van der Waals surface area contributed by atoms with E-state index in [1.807, 2.05) is 12.1 Å². The molecule has 0 fully saturated rings. The van der Waals surface area contributed by atoms with E-state index in [4.69, 9.17) is 27.9 Å². The third-order valence-corrected chi connectivity index (χ3v) is 3.85. The second kappa shape index (κ2) is 7.48. The lowest BCUT2D eigenvalue weighted by atomic mass is 10.1. The van der Waals surface area contributed by atoms with Crippen molar-refractivity contribution in [1.29, 1.82) is 0 Å². The molecule has 0 spiro atoms. The molecule has 0 unspecified atom stereocenters. The maximum Gasteiger partial charge on any atom is 0.343 e. The van der Waals surface area contributed by atoms with Crippen molar-refractivity contribution in [2.45, 2.75) is 26.2 Å². The largest absolute Gasteiger partial charge is 0.423 e. The van der Waals surface area contributed by atoms with E-state index in [9.17, 15) is 4.79 Å². The lowest BCUT2D eigenvalue weighted by Crippen LogP contribution is -2.08. The lowest BCUT2D eigenvalue weighted by molar-refractivity contribution is 0.0735. The molecule has 0 saturated heterocycles. The van der Waals surface area contributed by atoms with Crippen molar-refractivity contribution < 1.29 is 9.53 Å². The zero-order chi connectivity index (χ0) is 15.2. The SMILES string of the molecule is CCCCc1ccc(C(=O)Oc2ccc(Cl)c(Cl)c2)cc1. The maximum absolute atomic E-state index is 12.0. The van der Waals surface area contributed by atoms with E-state index in [1.54, 1.807) is 24.3 Å². The van der Waals surface area contributed by atoms with Gasteiger partial charge in [-0.3, -0.25) is 0 Å². The standard InChI is InChI=1S/C17H16Cl2O2/c1-2-3-4-12-5-7-13(8-6-12)17(20)21-14-9-10-15(18)16(19)11-14/h5-11H,2-4H2,1H3. The van der Waals surface area contributed by atoms with E-state index in [1.165, 1.54) is 11.6 Å². The van der Waals surface area contributed by atoms with Crippen LogP contribution in [0.1, 0.15) is 35.7 Å². The van der Waals surface area contributed by atoms with Crippen LogP contribution in [0.25, 0.3) is 0 Å². The number of aryl methyl sites for hydroxylation is 1. The Hall–Kier alpha value is -1.51. The first-order valence-corrected chi connectivity index (χ1v) is 7.62. The molecule has 2 aromatic carbocycles. The first kappa shape index (κ1) is 15.9. The van der Waals surface area contributed by atoms with Crippen LogP contribution in [0.3, 0.4) is 0 Å². The van der Waals surface area contributed by atoms with Gasteiger partial charge in [-0.15, -0.1) is 0 Å². The first-order valence-electron chi connectivity index (χ1n) is 6.86. The van der Waals surface area contributed by atoms with Crippen LogP contribution in [0, 0.1) is 0 Å². The average Bonchev–Trinajstić information content (AvgIpc) is 2.49. The van der Waals surface area contributed by atoms with Crippen molar-refractivity contribution in [3.8, 4) is 5.75 Å². The zero-order valence-electron chi connectivity index (χ0n) is 11.7. The molecule has 0 N–H and O–H groups in total. The van der Waals surface area contributed by atoms with Gasteiger partial charge in [-0.2, -0.15) is 0 Å². The third kappa shape index (κ3) is 4.48. The fourth-order valence-electron chi connectivity index (χ4n) is 1.89. The van der Waals surface area contributed by atoms with Gasteiger partial charge in [0, 0.05) is 6.07 Å². The van der Waals surface area contributed by atoms with Gasteiger partial charge in [0.1, 0.15) is 5.75 Å².